The van der Waals surface area contributed by atoms with Crippen LogP contribution >= 0.6 is 0 Å². The monoisotopic (exact) mass is 290 g/mol. The molecule has 1 aliphatic carbocycles. The van der Waals surface area contributed by atoms with E-state index in [2.05, 4.69) is 9.88 Å². The highest BCUT2D eigenvalue weighted by Gasteiger charge is 2.27. The molecule has 5 nitrogen and oxygen atoms in total. The smallest absolute Gasteiger partial charge is 0.252 e. The number of hydrogen-bond acceptors (Lipinski definition) is 4. The van der Waals surface area contributed by atoms with Crippen molar-refractivity contribution >= 4 is 11.7 Å². The molecule has 0 saturated heterocycles. The van der Waals surface area contributed by atoms with Crippen LogP contribution in [0.1, 0.15) is 53.7 Å². The van der Waals surface area contributed by atoms with Crippen LogP contribution < -0.4 is 16.4 Å². The normalized spacial score (nSPS) is 15.4. The number of rotatable bonds is 6. The molecule has 21 heavy (non-hydrogen) atoms. The van der Waals surface area contributed by atoms with E-state index < -0.39 is 5.91 Å². The van der Waals surface area contributed by atoms with E-state index in [9.17, 15) is 4.79 Å². The molecule has 0 spiro atoms. The van der Waals surface area contributed by atoms with Crippen molar-refractivity contribution in [2.75, 3.05) is 18.0 Å². The number of primary amides is 1. The summed E-state index contributed by atoms with van der Waals surface area (Å²) in [6.45, 7) is 5.35. The Morgan fingerprint density at radius 2 is 2.05 bits per heavy atom. The number of aromatic nitrogens is 1. The van der Waals surface area contributed by atoms with Gasteiger partial charge >= 0.3 is 0 Å². The Labute approximate surface area is 126 Å². The lowest BCUT2D eigenvalue weighted by atomic mass is 10.1. The summed E-state index contributed by atoms with van der Waals surface area (Å²) < 4.78 is 0. The van der Waals surface area contributed by atoms with Crippen molar-refractivity contribution in [1.29, 1.82) is 0 Å². The number of carbonyl (C=O) groups is 1. The van der Waals surface area contributed by atoms with Gasteiger partial charge in [0.25, 0.3) is 5.91 Å². The lowest BCUT2D eigenvalue weighted by Gasteiger charge is -2.32. The van der Waals surface area contributed by atoms with E-state index in [1.54, 1.807) is 0 Å². The molecule has 0 aliphatic heterocycles. The van der Waals surface area contributed by atoms with E-state index in [0.717, 1.165) is 42.9 Å². The summed E-state index contributed by atoms with van der Waals surface area (Å²) in [7, 11) is 0. The Hall–Kier alpha value is -1.62. The summed E-state index contributed by atoms with van der Waals surface area (Å²) >= 11 is 0. The first-order chi connectivity index (χ1) is 10.0. The van der Waals surface area contributed by atoms with E-state index in [0.29, 0.717) is 18.2 Å². The predicted octanol–water partition coefficient (Wildman–Crippen LogP) is 1.90. The molecule has 4 N–H and O–H groups in total. The van der Waals surface area contributed by atoms with E-state index in [-0.39, 0.29) is 0 Å². The topological polar surface area (TPSA) is 85.2 Å². The fourth-order valence-corrected chi connectivity index (χ4v) is 3.27. The fourth-order valence-electron chi connectivity index (χ4n) is 3.27. The minimum Gasteiger partial charge on any atom is -0.365 e. The first-order valence-electron chi connectivity index (χ1n) is 7.79. The van der Waals surface area contributed by atoms with Crippen molar-refractivity contribution in [3.63, 3.8) is 0 Å². The van der Waals surface area contributed by atoms with Gasteiger partial charge in [-0.15, -0.1) is 0 Å². The van der Waals surface area contributed by atoms with Crippen LogP contribution in [0.25, 0.3) is 0 Å². The van der Waals surface area contributed by atoms with E-state index in [1.165, 1.54) is 12.8 Å². The van der Waals surface area contributed by atoms with Gasteiger partial charge in [0.1, 0.15) is 5.82 Å². The molecular formula is C16H26N4O. The average molecular weight is 290 g/mol. The molecule has 1 aliphatic rings. The van der Waals surface area contributed by atoms with Gasteiger partial charge in [-0.05, 0) is 51.3 Å². The Balaban J connectivity index is 2.44. The molecule has 1 fully saturated rings. The maximum absolute atomic E-state index is 11.9. The number of carbonyl (C=O) groups excluding carboxylic acids is 1. The summed E-state index contributed by atoms with van der Waals surface area (Å²) in [6.07, 6.45) is 5.67. The summed E-state index contributed by atoms with van der Waals surface area (Å²) in [6, 6.07) is 2.36. The lowest BCUT2D eigenvalue weighted by Crippen LogP contribution is -2.37. The Kier molecular flexibility index (Phi) is 5.17. The maximum Gasteiger partial charge on any atom is 0.252 e. The Morgan fingerprint density at radius 1 is 1.38 bits per heavy atom. The number of pyridine rings is 1. The zero-order valence-corrected chi connectivity index (χ0v) is 13.1. The van der Waals surface area contributed by atoms with Gasteiger partial charge in [0.15, 0.2) is 0 Å². The molecule has 1 amide bonds. The van der Waals surface area contributed by atoms with Gasteiger partial charge in [0.2, 0.25) is 0 Å². The molecule has 116 valence electrons. The highest BCUT2D eigenvalue weighted by atomic mass is 16.1. The average Bonchev–Trinajstić information content (AvgIpc) is 2.91. The summed E-state index contributed by atoms with van der Waals surface area (Å²) in [4.78, 5) is 18.8. The van der Waals surface area contributed by atoms with Crippen LogP contribution in [0.15, 0.2) is 6.07 Å². The van der Waals surface area contributed by atoms with Crippen molar-refractivity contribution in [1.82, 2.24) is 4.98 Å². The second-order valence-corrected chi connectivity index (χ2v) is 5.92. The summed E-state index contributed by atoms with van der Waals surface area (Å²) in [5.41, 5.74) is 13.7. The SMILES string of the molecule is Cc1cc(C)c(C(N)=O)c(N(CCCN)C2CCCC2)n1. The van der Waals surface area contributed by atoms with Crippen molar-refractivity contribution in [3.8, 4) is 0 Å². The van der Waals surface area contributed by atoms with Gasteiger partial charge in [0.05, 0.1) is 5.56 Å². The van der Waals surface area contributed by atoms with Crippen LogP contribution in [0.2, 0.25) is 0 Å². The fraction of sp³-hybridized carbons (Fsp3) is 0.625. The van der Waals surface area contributed by atoms with Gasteiger partial charge < -0.3 is 16.4 Å². The third-order valence-corrected chi connectivity index (χ3v) is 4.21. The highest BCUT2D eigenvalue weighted by Crippen LogP contribution is 2.30. The maximum atomic E-state index is 11.9. The number of amides is 1. The van der Waals surface area contributed by atoms with Crippen LogP contribution in [0.5, 0.6) is 0 Å². The molecule has 0 aromatic carbocycles. The van der Waals surface area contributed by atoms with E-state index >= 15 is 0 Å². The zero-order valence-electron chi connectivity index (χ0n) is 13.1. The number of nitrogens with zero attached hydrogens (tertiary/aromatic N) is 2. The third-order valence-electron chi connectivity index (χ3n) is 4.21. The molecule has 0 radical (unpaired) electrons. The predicted molar refractivity (Wildman–Crippen MR) is 85.5 cm³/mol. The number of aryl methyl sites for hydroxylation is 2. The first-order valence-corrected chi connectivity index (χ1v) is 7.79. The first kappa shape index (κ1) is 15.8. The molecule has 1 aromatic rings. The van der Waals surface area contributed by atoms with Gasteiger partial charge in [-0.1, -0.05) is 12.8 Å². The number of anilines is 1. The summed E-state index contributed by atoms with van der Waals surface area (Å²) in [5.74, 6) is 0.353. The zero-order chi connectivity index (χ0) is 15.4. The van der Waals surface area contributed by atoms with E-state index in [4.69, 9.17) is 11.5 Å². The minimum atomic E-state index is -0.397. The molecule has 2 rings (SSSR count). The number of hydrogen-bond donors (Lipinski definition) is 2. The molecule has 5 heteroatoms. The van der Waals surface area contributed by atoms with Crippen LogP contribution in [0, 0.1) is 13.8 Å². The third kappa shape index (κ3) is 3.53. The summed E-state index contributed by atoms with van der Waals surface area (Å²) in [5, 5.41) is 0. The van der Waals surface area contributed by atoms with E-state index in [1.807, 2.05) is 19.9 Å². The molecule has 0 unspecified atom stereocenters. The van der Waals surface area contributed by atoms with Crippen LogP contribution in [-0.2, 0) is 0 Å². The second-order valence-electron chi connectivity index (χ2n) is 5.92. The van der Waals surface area contributed by atoms with Crippen LogP contribution in [-0.4, -0.2) is 30.0 Å². The quantitative estimate of drug-likeness (QED) is 0.838. The van der Waals surface area contributed by atoms with Gasteiger partial charge in [0, 0.05) is 18.3 Å². The van der Waals surface area contributed by atoms with Gasteiger partial charge in [-0.2, -0.15) is 0 Å². The standard InChI is InChI=1S/C16H26N4O/c1-11-10-12(2)19-16(14(11)15(18)21)20(9-5-8-17)13-6-3-4-7-13/h10,13H,3-9,17H2,1-2H3,(H2,18,21). The van der Waals surface area contributed by atoms with Crippen LogP contribution in [0.3, 0.4) is 0 Å². The second kappa shape index (κ2) is 6.89. The van der Waals surface area contributed by atoms with Crippen molar-refractivity contribution in [3.05, 3.63) is 22.9 Å². The molecule has 1 saturated carbocycles. The highest BCUT2D eigenvalue weighted by molar-refractivity contribution is 5.99. The van der Waals surface area contributed by atoms with Gasteiger partial charge in [-0.3, -0.25) is 4.79 Å². The molecule has 0 atom stereocenters. The molecule has 0 bridgehead atoms. The largest absolute Gasteiger partial charge is 0.365 e. The van der Waals surface area contributed by atoms with Crippen LogP contribution in [0.4, 0.5) is 5.82 Å². The lowest BCUT2D eigenvalue weighted by molar-refractivity contribution is 0.1000. The Bertz CT molecular complexity index is 509. The van der Waals surface area contributed by atoms with Gasteiger partial charge in [-0.25, -0.2) is 4.98 Å². The Morgan fingerprint density at radius 3 is 2.62 bits per heavy atom. The van der Waals surface area contributed by atoms with Crippen molar-refractivity contribution in [2.45, 2.75) is 52.0 Å². The van der Waals surface area contributed by atoms with Crippen molar-refractivity contribution < 1.29 is 4.79 Å². The molecule has 1 heterocycles. The number of nitrogens with two attached hydrogens (primary N) is 2. The molecule has 1 aromatic heterocycles. The van der Waals surface area contributed by atoms with Crippen molar-refractivity contribution in [2.24, 2.45) is 11.5 Å². The minimum absolute atomic E-state index is 0.397. The molecular weight excluding hydrogens is 264 g/mol.